The minimum Gasteiger partial charge on any atom is -0.496 e. The fourth-order valence-electron chi connectivity index (χ4n) is 2.21. The second kappa shape index (κ2) is 5.82. The molecule has 1 amide bonds. The Morgan fingerprint density at radius 2 is 2.26 bits per heavy atom. The van der Waals surface area contributed by atoms with Gasteiger partial charge in [-0.1, -0.05) is 0 Å². The van der Waals surface area contributed by atoms with E-state index in [4.69, 9.17) is 4.74 Å². The highest BCUT2D eigenvalue weighted by Crippen LogP contribution is 2.21. The predicted molar refractivity (Wildman–Crippen MR) is 67.5 cm³/mol. The van der Waals surface area contributed by atoms with Crippen molar-refractivity contribution in [2.75, 3.05) is 20.2 Å². The molecular formula is C14H16FNO3. The van der Waals surface area contributed by atoms with Crippen LogP contribution >= 0.6 is 0 Å². The van der Waals surface area contributed by atoms with Crippen molar-refractivity contribution in [2.45, 2.75) is 19.3 Å². The molecule has 0 spiro atoms. The highest BCUT2D eigenvalue weighted by atomic mass is 19.1. The molecule has 1 aliphatic heterocycles. The van der Waals surface area contributed by atoms with Gasteiger partial charge >= 0.3 is 0 Å². The van der Waals surface area contributed by atoms with Crippen LogP contribution in [0.5, 0.6) is 5.75 Å². The van der Waals surface area contributed by atoms with Crippen LogP contribution in [0.3, 0.4) is 0 Å². The number of hydrogen-bond donors (Lipinski definition) is 0. The van der Waals surface area contributed by atoms with E-state index in [-0.39, 0.29) is 24.7 Å². The topological polar surface area (TPSA) is 46.6 Å². The van der Waals surface area contributed by atoms with Crippen molar-refractivity contribution in [2.24, 2.45) is 0 Å². The summed E-state index contributed by atoms with van der Waals surface area (Å²) < 4.78 is 18.3. The molecule has 1 aromatic carbocycles. The van der Waals surface area contributed by atoms with E-state index in [1.54, 1.807) is 0 Å². The lowest BCUT2D eigenvalue weighted by Crippen LogP contribution is -2.40. The van der Waals surface area contributed by atoms with Gasteiger partial charge in [0.1, 0.15) is 11.6 Å². The van der Waals surface area contributed by atoms with Crippen LogP contribution in [0.25, 0.3) is 0 Å². The second-order valence-corrected chi connectivity index (χ2v) is 4.59. The van der Waals surface area contributed by atoms with Gasteiger partial charge in [-0.3, -0.25) is 9.59 Å². The smallest absolute Gasteiger partial charge is 0.227 e. The number of ketones is 1. The van der Waals surface area contributed by atoms with Crippen LogP contribution in [0.1, 0.15) is 18.4 Å². The summed E-state index contributed by atoms with van der Waals surface area (Å²) in [6.45, 7) is 0.749. The predicted octanol–water partition coefficient (Wildman–Crippen LogP) is 1.57. The molecule has 4 nitrogen and oxygen atoms in total. The number of carbonyl (C=O) groups excluding carboxylic acids is 2. The summed E-state index contributed by atoms with van der Waals surface area (Å²) in [6.07, 6.45) is 1.28. The van der Waals surface area contributed by atoms with E-state index in [1.807, 2.05) is 0 Å². The number of carbonyl (C=O) groups is 2. The molecule has 1 fully saturated rings. The third-order valence-corrected chi connectivity index (χ3v) is 3.19. The summed E-state index contributed by atoms with van der Waals surface area (Å²) in [5.41, 5.74) is 0.505. The number of halogens is 1. The van der Waals surface area contributed by atoms with Gasteiger partial charge in [-0.15, -0.1) is 0 Å². The highest BCUT2D eigenvalue weighted by Gasteiger charge is 2.22. The molecule has 19 heavy (non-hydrogen) atoms. The third-order valence-electron chi connectivity index (χ3n) is 3.19. The Hall–Kier alpha value is -1.91. The Balaban J connectivity index is 2.09. The quantitative estimate of drug-likeness (QED) is 0.833. The van der Waals surface area contributed by atoms with Crippen molar-refractivity contribution in [1.82, 2.24) is 4.90 Å². The normalized spacial score (nSPS) is 15.5. The number of piperidine rings is 1. The first-order chi connectivity index (χ1) is 9.10. The number of benzene rings is 1. The number of hydrogen-bond acceptors (Lipinski definition) is 3. The van der Waals surface area contributed by atoms with Gasteiger partial charge in [-0.05, 0) is 24.6 Å². The molecule has 1 aliphatic rings. The molecule has 1 saturated heterocycles. The van der Waals surface area contributed by atoms with Crippen LogP contribution in [0.4, 0.5) is 4.39 Å². The summed E-state index contributed by atoms with van der Waals surface area (Å²) in [4.78, 5) is 24.9. The molecule has 0 N–H and O–H groups in total. The average Bonchev–Trinajstić information content (AvgIpc) is 2.39. The number of amides is 1. The summed E-state index contributed by atoms with van der Waals surface area (Å²) in [5, 5.41) is 0. The number of likely N-dealkylation sites (tertiary alicyclic amines) is 1. The van der Waals surface area contributed by atoms with Gasteiger partial charge < -0.3 is 9.64 Å². The Kier molecular flexibility index (Phi) is 4.14. The number of rotatable bonds is 3. The minimum atomic E-state index is -0.404. The molecule has 0 saturated carbocycles. The van der Waals surface area contributed by atoms with Crippen molar-refractivity contribution in [3.63, 3.8) is 0 Å². The van der Waals surface area contributed by atoms with Crippen molar-refractivity contribution in [3.8, 4) is 5.75 Å². The minimum absolute atomic E-state index is 0.0498. The van der Waals surface area contributed by atoms with E-state index in [1.165, 1.54) is 30.2 Å². The molecule has 2 rings (SSSR count). The zero-order valence-corrected chi connectivity index (χ0v) is 10.8. The summed E-state index contributed by atoms with van der Waals surface area (Å²) >= 11 is 0. The van der Waals surface area contributed by atoms with E-state index < -0.39 is 5.82 Å². The van der Waals surface area contributed by atoms with Gasteiger partial charge in [0.25, 0.3) is 0 Å². The molecule has 1 heterocycles. The fraction of sp³-hybridized carbons (Fsp3) is 0.429. The molecule has 0 atom stereocenters. The molecule has 0 bridgehead atoms. The molecule has 102 valence electrons. The second-order valence-electron chi connectivity index (χ2n) is 4.59. The van der Waals surface area contributed by atoms with E-state index in [2.05, 4.69) is 0 Å². The average molecular weight is 265 g/mol. The molecule has 0 radical (unpaired) electrons. The van der Waals surface area contributed by atoms with Crippen molar-refractivity contribution >= 4 is 11.7 Å². The van der Waals surface area contributed by atoms with Gasteiger partial charge in [-0.25, -0.2) is 4.39 Å². The van der Waals surface area contributed by atoms with Crippen LogP contribution < -0.4 is 4.74 Å². The number of Topliss-reactive ketones (excluding diaryl/α,β-unsaturated/α-hetero) is 1. The number of nitrogens with zero attached hydrogens (tertiary/aromatic N) is 1. The zero-order chi connectivity index (χ0) is 13.8. The first-order valence-corrected chi connectivity index (χ1v) is 6.22. The van der Waals surface area contributed by atoms with Gasteiger partial charge in [0.05, 0.1) is 20.1 Å². The van der Waals surface area contributed by atoms with Crippen LogP contribution in [-0.2, 0) is 16.0 Å². The van der Waals surface area contributed by atoms with E-state index in [0.717, 1.165) is 0 Å². The first kappa shape index (κ1) is 13.5. The van der Waals surface area contributed by atoms with Crippen LogP contribution in [0.15, 0.2) is 18.2 Å². The highest BCUT2D eigenvalue weighted by molar-refractivity contribution is 5.88. The standard InChI is InChI=1S/C14H16FNO3/c1-19-13-5-4-11(15)7-10(13)8-14(18)16-6-2-3-12(17)9-16/h4-5,7H,2-3,6,8-9H2,1H3. The first-order valence-electron chi connectivity index (χ1n) is 6.22. The van der Waals surface area contributed by atoms with Gasteiger partial charge in [-0.2, -0.15) is 0 Å². The lowest BCUT2D eigenvalue weighted by molar-refractivity contribution is -0.137. The van der Waals surface area contributed by atoms with Crippen LogP contribution in [0, 0.1) is 5.82 Å². The molecule has 5 heteroatoms. The van der Waals surface area contributed by atoms with Crippen LogP contribution in [-0.4, -0.2) is 36.8 Å². The monoisotopic (exact) mass is 265 g/mol. The molecular weight excluding hydrogens is 249 g/mol. The molecule has 0 unspecified atom stereocenters. The molecule has 0 aliphatic carbocycles. The lowest BCUT2D eigenvalue weighted by atomic mass is 10.1. The molecule has 1 aromatic rings. The number of ether oxygens (including phenoxy) is 1. The SMILES string of the molecule is COc1ccc(F)cc1CC(=O)N1CCCC(=O)C1. The summed E-state index contributed by atoms with van der Waals surface area (Å²) in [6, 6.07) is 4.08. The largest absolute Gasteiger partial charge is 0.496 e. The van der Waals surface area contributed by atoms with Crippen molar-refractivity contribution in [1.29, 1.82) is 0 Å². The van der Waals surface area contributed by atoms with E-state index >= 15 is 0 Å². The maximum atomic E-state index is 13.2. The number of methoxy groups -OCH3 is 1. The maximum Gasteiger partial charge on any atom is 0.227 e. The Bertz CT molecular complexity index is 501. The maximum absolute atomic E-state index is 13.2. The van der Waals surface area contributed by atoms with E-state index in [9.17, 15) is 14.0 Å². The Labute approximate surface area is 111 Å². The van der Waals surface area contributed by atoms with Gasteiger partial charge in [0.2, 0.25) is 5.91 Å². The molecule has 0 aromatic heterocycles. The Morgan fingerprint density at radius 3 is 2.95 bits per heavy atom. The Morgan fingerprint density at radius 1 is 1.47 bits per heavy atom. The zero-order valence-electron chi connectivity index (χ0n) is 10.8. The van der Waals surface area contributed by atoms with Gasteiger partial charge in [0.15, 0.2) is 5.78 Å². The van der Waals surface area contributed by atoms with Crippen molar-refractivity contribution < 1.29 is 18.7 Å². The van der Waals surface area contributed by atoms with Gasteiger partial charge in [0, 0.05) is 18.5 Å². The van der Waals surface area contributed by atoms with Crippen LogP contribution in [0.2, 0.25) is 0 Å². The third kappa shape index (κ3) is 3.30. The van der Waals surface area contributed by atoms with E-state index in [0.29, 0.717) is 30.7 Å². The summed E-state index contributed by atoms with van der Waals surface area (Å²) in [5.74, 6) is -0.0147. The summed E-state index contributed by atoms with van der Waals surface area (Å²) in [7, 11) is 1.48. The van der Waals surface area contributed by atoms with Crippen molar-refractivity contribution in [3.05, 3.63) is 29.6 Å². The fourth-order valence-corrected chi connectivity index (χ4v) is 2.21. The lowest BCUT2D eigenvalue weighted by Gasteiger charge is -2.26.